The number of aromatic nitrogens is 1. The number of hydrogen-bond donors (Lipinski definition) is 0. The number of rotatable bonds is 4. The number of morpholine rings is 1. The Morgan fingerprint density at radius 3 is 2.48 bits per heavy atom. The number of amides is 2. The van der Waals surface area contributed by atoms with Crippen LogP contribution in [0.25, 0.3) is 11.3 Å². The van der Waals surface area contributed by atoms with E-state index in [9.17, 15) is 9.59 Å². The predicted molar refractivity (Wildman–Crippen MR) is 124 cm³/mol. The van der Waals surface area contributed by atoms with Crippen LogP contribution < -0.4 is 0 Å². The van der Waals surface area contributed by atoms with Crippen molar-refractivity contribution in [1.82, 2.24) is 15.0 Å². The van der Waals surface area contributed by atoms with E-state index in [-0.39, 0.29) is 36.6 Å². The highest BCUT2D eigenvalue weighted by Gasteiger charge is 2.44. The molecule has 1 aromatic carbocycles. The molecule has 0 bridgehead atoms. The van der Waals surface area contributed by atoms with Gasteiger partial charge in [-0.25, -0.2) is 0 Å². The number of carbonyl (C=O) groups excluding carboxylic acids is 2. The first-order valence-electron chi connectivity index (χ1n) is 10.7. The Balaban J connectivity index is 1.43. The Morgan fingerprint density at radius 1 is 1.18 bits per heavy atom. The number of fused-ring (bicyclic) bond motifs is 1. The largest absolute Gasteiger partial charge is 0.380 e. The van der Waals surface area contributed by atoms with Crippen LogP contribution in [0, 0.1) is 5.92 Å². The molecule has 1 saturated heterocycles. The Kier molecular flexibility index (Phi) is 5.29. The van der Waals surface area contributed by atoms with Gasteiger partial charge in [-0.3, -0.25) is 9.59 Å². The lowest BCUT2D eigenvalue weighted by Crippen LogP contribution is -2.71. The highest BCUT2D eigenvalue weighted by atomic mass is 35.5. The molecular formula is C21H18B4ClN3O4. The third kappa shape index (κ3) is 3.83. The van der Waals surface area contributed by atoms with Gasteiger partial charge in [0.1, 0.15) is 0 Å². The van der Waals surface area contributed by atoms with Crippen LogP contribution in [0.15, 0.2) is 22.7 Å². The molecule has 3 aliphatic rings. The van der Waals surface area contributed by atoms with Gasteiger partial charge in [0.05, 0.1) is 55.2 Å². The topological polar surface area (TPSA) is 75.9 Å². The minimum Gasteiger partial charge on any atom is -0.380 e. The van der Waals surface area contributed by atoms with E-state index in [2.05, 4.69) is 12.1 Å². The summed E-state index contributed by atoms with van der Waals surface area (Å²) in [5.41, 5.74) is 1.81. The van der Waals surface area contributed by atoms with Crippen molar-refractivity contribution in [2.24, 2.45) is 5.92 Å². The quantitative estimate of drug-likeness (QED) is 0.649. The molecule has 2 amide bonds. The van der Waals surface area contributed by atoms with Crippen molar-refractivity contribution in [3.63, 3.8) is 0 Å². The van der Waals surface area contributed by atoms with Gasteiger partial charge in [0.2, 0.25) is 0 Å². The first kappa shape index (κ1) is 22.7. The number of nitrogens with zero attached hydrogens (tertiary/aromatic N) is 3. The molecule has 7 nitrogen and oxygen atoms in total. The van der Waals surface area contributed by atoms with Crippen molar-refractivity contribution < 1.29 is 18.8 Å². The summed E-state index contributed by atoms with van der Waals surface area (Å²) in [4.78, 5) is 28.8. The molecule has 2 fully saturated rings. The van der Waals surface area contributed by atoms with Gasteiger partial charge in [-0.15, -0.1) is 0 Å². The average Bonchev–Trinajstić information content (AvgIpc) is 3.34. The molecular weight excluding hydrogens is 437 g/mol. The van der Waals surface area contributed by atoms with Gasteiger partial charge in [0.25, 0.3) is 11.8 Å². The van der Waals surface area contributed by atoms with Gasteiger partial charge in [0.15, 0.2) is 11.5 Å². The second kappa shape index (κ2) is 7.70. The molecule has 0 N–H and O–H groups in total. The third-order valence-corrected chi connectivity index (χ3v) is 6.80. The van der Waals surface area contributed by atoms with Crippen LogP contribution in [-0.4, -0.2) is 88.1 Å². The Labute approximate surface area is 202 Å². The Bertz CT molecular complexity index is 1130. The summed E-state index contributed by atoms with van der Waals surface area (Å²) in [7, 11) is 24.0. The number of ether oxygens (including phenoxy) is 1. The molecule has 160 valence electrons. The van der Waals surface area contributed by atoms with Crippen LogP contribution in [0.5, 0.6) is 0 Å². The summed E-state index contributed by atoms with van der Waals surface area (Å²) in [5.74, 6) is 0.0667. The summed E-state index contributed by atoms with van der Waals surface area (Å²) in [6.07, 6.45) is 2.27. The first-order valence-corrected chi connectivity index (χ1v) is 11.1. The van der Waals surface area contributed by atoms with Crippen LogP contribution in [-0.2, 0) is 11.3 Å². The highest BCUT2D eigenvalue weighted by Crippen LogP contribution is 2.41. The van der Waals surface area contributed by atoms with Crippen molar-refractivity contribution >= 4 is 54.8 Å². The summed E-state index contributed by atoms with van der Waals surface area (Å²) in [6.45, 7) is 2.24. The van der Waals surface area contributed by atoms with Gasteiger partial charge in [-0.05, 0) is 54.1 Å². The molecule has 1 aliphatic carbocycles. The van der Waals surface area contributed by atoms with Crippen LogP contribution in [0.3, 0.4) is 0 Å². The van der Waals surface area contributed by atoms with E-state index in [1.807, 2.05) is 11.0 Å². The van der Waals surface area contributed by atoms with Crippen molar-refractivity contribution in [2.45, 2.75) is 43.0 Å². The lowest BCUT2D eigenvalue weighted by Gasteiger charge is -2.54. The predicted octanol–water partition coefficient (Wildman–Crippen LogP) is 1.20. The fourth-order valence-electron chi connectivity index (χ4n) is 4.63. The Morgan fingerprint density at radius 2 is 1.85 bits per heavy atom. The molecule has 2 aliphatic heterocycles. The molecule has 0 spiro atoms. The molecule has 5 rings (SSSR count). The molecule has 0 unspecified atom stereocenters. The van der Waals surface area contributed by atoms with Gasteiger partial charge in [-0.1, -0.05) is 16.8 Å². The zero-order valence-electron chi connectivity index (χ0n) is 18.1. The van der Waals surface area contributed by atoms with Crippen molar-refractivity contribution in [1.29, 1.82) is 0 Å². The number of carbonyl (C=O) groups is 2. The Hall–Kier alpha value is -2.12. The smallest absolute Gasteiger partial charge is 0.274 e. The van der Waals surface area contributed by atoms with Crippen LogP contribution in [0.1, 0.15) is 46.2 Å². The maximum Gasteiger partial charge on any atom is 0.274 e. The van der Waals surface area contributed by atoms with Crippen molar-refractivity contribution in [3.8, 4) is 11.3 Å². The van der Waals surface area contributed by atoms with Gasteiger partial charge >= 0.3 is 0 Å². The van der Waals surface area contributed by atoms with Crippen LogP contribution >= 0.6 is 11.6 Å². The van der Waals surface area contributed by atoms with Gasteiger partial charge < -0.3 is 19.1 Å². The zero-order valence-corrected chi connectivity index (χ0v) is 18.8. The summed E-state index contributed by atoms with van der Waals surface area (Å²) in [5, 5.41) is 0.732. The lowest BCUT2D eigenvalue weighted by molar-refractivity contribution is -0.0172. The summed E-state index contributed by atoms with van der Waals surface area (Å²) >= 11 is 6.49. The van der Waals surface area contributed by atoms with Gasteiger partial charge in [0, 0.05) is 24.2 Å². The fraction of sp³-hybridized carbons (Fsp3) is 0.476. The highest BCUT2D eigenvalue weighted by molar-refractivity contribution is 6.46. The number of hydrogen-bond acceptors (Lipinski definition) is 5. The molecule has 1 saturated carbocycles. The fourth-order valence-corrected chi connectivity index (χ4v) is 4.95. The molecule has 1 aromatic heterocycles. The number of halogens is 1. The minimum absolute atomic E-state index is 0.0637. The second-order valence-corrected chi connectivity index (χ2v) is 9.60. The molecule has 33 heavy (non-hydrogen) atoms. The van der Waals surface area contributed by atoms with E-state index < -0.39 is 16.6 Å². The maximum atomic E-state index is 13.1. The molecule has 3 heterocycles. The minimum atomic E-state index is -1.73. The van der Waals surface area contributed by atoms with Crippen LogP contribution in [0.4, 0.5) is 0 Å². The maximum absolute atomic E-state index is 13.1. The first-order chi connectivity index (χ1) is 15.5. The normalized spacial score (nSPS) is 22.3. The molecule has 8 radical (unpaired) electrons. The molecule has 12 heteroatoms. The standard InChI is InChI=1S/C21H18B4ClN3O4/c1-10(11-2-3-11)28-7-13-4-12(5-14(26)17(13)19(28)31)16-6-15(27-33-16)18(30)29-20(22,23)8-32-9-21(29,24)25/h4-6,10-11H,2-3,7-9H2,1H3/t10-/m0/s1. The summed E-state index contributed by atoms with van der Waals surface area (Å²) in [6, 6.07) is 5.05. The third-order valence-electron chi connectivity index (χ3n) is 6.50. The van der Waals surface area contributed by atoms with E-state index in [4.69, 9.17) is 52.2 Å². The van der Waals surface area contributed by atoms with Crippen LogP contribution in [0.2, 0.25) is 5.02 Å². The number of benzene rings is 1. The molecule has 1 atom stereocenters. The lowest BCUT2D eigenvalue weighted by atomic mass is 9.51. The zero-order chi connectivity index (χ0) is 23.7. The average molecular weight is 455 g/mol. The SMILES string of the molecule is [B]C1([B])COCC([B])([B])N1C(=O)c1cc(-c2cc(Cl)c3c(c2)CN([C@@H](C)C2CC2)C3=O)on1. The summed E-state index contributed by atoms with van der Waals surface area (Å²) < 4.78 is 10.6. The van der Waals surface area contributed by atoms with Gasteiger partial charge in [-0.2, -0.15) is 0 Å². The van der Waals surface area contributed by atoms with E-state index in [1.54, 1.807) is 6.07 Å². The monoisotopic (exact) mass is 455 g/mol. The van der Waals surface area contributed by atoms with Crippen molar-refractivity contribution in [3.05, 3.63) is 40.0 Å². The van der Waals surface area contributed by atoms with E-state index in [0.717, 1.165) is 23.3 Å². The molecule has 2 aromatic rings. The van der Waals surface area contributed by atoms with E-state index >= 15 is 0 Å². The van der Waals surface area contributed by atoms with Crippen molar-refractivity contribution in [2.75, 3.05) is 13.2 Å². The van der Waals surface area contributed by atoms with E-state index in [0.29, 0.717) is 28.6 Å². The van der Waals surface area contributed by atoms with E-state index in [1.165, 1.54) is 6.07 Å². The second-order valence-electron chi connectivity index (χ2n) is 9.20.